The van der Waals surface area contributed by atoms with Crippen LogP contribution >= 0.6 is 24.0 Å². The van der Waals surface area contributed by atoms with Gasteiger partial charge in [0.1, 0.15) is 12.4 Å². The summed E-state index contributed by atoms with van der Waals surface area (Å²) in [5, 5.41) is 0.763. The Balaban J connectivity index is 0.00000208. The van der Waals surface area contributed by atoms with Crippen LogP contribution in [0.3, 0.4) is 0 Å². The average molecular weight is 367 g/mol. The maximum absolute atomic E-state index is 6.43. The highest BCUT2D eigenvalue weighted by molar-refractivity contribution is 6.30. The topological polar surface area (TPSA) is 61.3 Å². The number of benzene rings is 2. The molecule has 130 valence electrons. The van der Waals surface area contributed by atoms with Crippen LogP contribution in [-0.2, 0) is 12.8 Å². The second-order valence-corrected chi connectivity index (χ2v) is 6.57. The summed E-state index contributed by atoms with van der Waals surface area (Å²) in [7, 11) is 0. The van der Waals surface area contributed by atoms with Crippen molar-refractivity contribution in [2.75, 3.05) is 13.2 Å². The van der Waals surface area contributed by atoms with Crippen molar-refractivity contribution >= 4 is 24.0 Å². The van der Waals surface area contributed by atoms with Crippen LogP contribution in [-0.4, -0.2) is 19.2 Å². The van der Waals surface area contributed by atoms with Crippen molar-refractivity contribution in [3.63, 3.8) is 0 Å². The minimum atomic E-state index is 0. The summed E-state index contributed by atoms with van der Waals surface area (Å²) in [4.78, 5) is 0. The van der Waals surface area contributed by atoms with Crippen molar-refractivity contribution in [1.82, 2.24) is 0 Å². The molecule has 0 fully saturated rings. The van der Waals surface area contributed by atoms with Gasteiger partial charge in [0.2, 0.25) is 0 Å². The Bertz CT molecular complexity index is 661. The van der Waals surface area contributed by atoms with E-state index in [1.165, 1.54) is 16.7 Å². The normalized spacial score (nSPS) is 19.3. The van der Waals surface area contributed by atoms with Crippen molar-refractivity contribution in [2.24, 2.45) is 11.5 Å². The third-order valence-corrected chi connectivity index (χ3v) is 4.79. The van der Waals surface area contributed by atoms with E-state index in [-0.39, 0.29) is 18.4 Å². The molecule has 0 aromatic heterocycles. The molecular formula is C19H24Cl2N2O. The fourth-order valence-corrected chi connectivity index (χ4v) is 3.43. The van der Waals surface area contributed by atoms with Crippen LogP contribution in [0.15, 0.2) is 42.5 Å². The van der Waals surface area contributed by atoms with Crippen LogP contribution in [0.25, 0.3) is 0 Å². The maximum Gasteiger partial charge on any atom is 0.119 e. The summed E-state index contributed by atoms with van der Waals surface area (Å²) in [6, 6.07) is 14.6. The zero-order valence-corrected chi connectivity index (χ0v) is 15.2. The van der Waals surface area contributed by atoms with Gasteiger partial charge in [-0.05, 0) is 60.2 Å². The third kappa shape index (κ3) is 4.42. The lowest BCUT2D eigenvalue weighted by Crippen LogP contribution is -2.34. The maximum atomic E-state index is 6.43. The van der Waals surface area contributed by atoms with Crippen molar-refractivity contribution in [3.05, 3.63) is 64.2 Å². The SMILES string of the molecule is Cl.NCCOc1ccc2c(c1)C(Cc1ccc(Cl)cc1)C(N)CC2. The monoisotopic (exact) mass is 366 g/mol. The minimum Gasteiger partial charge on any atom is -0.492 e. The number of nitrogens with two attached hydrogens (primary N) is 2. The number of fused-ring (bicyclic) bond motifs is 1. The van der Waals surface area contributed by atoms with Gasteiger partial charge in [0.25, 0.3) is 0 Å². The Labute approximate surface area is 154 Å². The molecule has 1 aliphatic carbocycles. The van der Waals surface area contributed by atoms with Crippen molar-refractivity contribution in [3.8, 4) is 5.75 Å². The molecule has 3 rings (SSSR count). The zero-order chi connectivity index (χ0) is 16.2. The highest BCUT2D eigenvalue weighted by Gasteiger charge is 2.27. The first-order valence-electron chi connectivity index (χ1n) is 8.13. The fourth-order valence-electron chi connectivity index (χ4n) is 3.30. The molecule has 0 aliphatic heterocycles. The zero-order valence-electron chi connectivity index (χ0n) is 13.6. The molecule has 4 N–H and O–H groups in total. The van der Waals surface area contributed by atoms with Crippen LogP contribution in [0, 0.1) is 0 Å². The van der Waals surface area contributed by atoms with Gasteiger partial charge in [0.05, 0.1) is 0 Å². The molecular weight excluding hydrogens is 343 g/mol. The molecule has 2 aromatic rings. The van der Waals surface area contributed by atoms with Gasteiger partial charge in [-0.2, -0.15) is 0 Å². The van der Waals surface area contributed by atoms with E-state index < -0.39 is 0 Å². The molecule has 0 amide bonds. The molecule has 1 aliphatic rings. The van der Waals surface area contributed by atoms with Crippen LogP contribution in [0.2, 0.25) is 5.02 Å². The standard InChI is InChI=1S/C19H23ClN2O.ClH/c20-15-5-1-13(2-6-15)11-18-17-12-16(23-10-9-21)7-3-14(17)4-8-19(18)22;/h1-3,5-7,12,18-19H,4,8-11,21-22H2;1H. The molecule has 5 heteroatoms. The van der Waals surface area contributed by atoms with Gasteiger partial charge in [0.15, 0.2) is 0 Å². The molecule has 2 atom stereocenters. The molecule has 3 nitrogen and oxygen atoms in total. The van der Waals surface area contributed by atoms with E-state index in [0.717, 1.165) is 30.0 Å². The number of hydrogen-bond donors (Lipinski definition) is 2. The second-order valence-electron chi connectivity index (χ2n) is 6.14. The van der Waals surface area contributed by atoms with Gasteiger partial charge in [-0.1, -0.05) is 29.8 Å². The van der Waals surface area contributed by atoms with Crippen LogP contribution in [0.1, 0.15) is 29.0 Å². The number of aryl methyl sites for hydroxylation is 1. The summed E-state index contributed by atoms with van der Waals surface area (Å²) < 4.78 is 5.69. The lowest BCUT2D eigenvalue weighted by atomic mass is 9.76. The highest BCUT2D eigenvalue weighted by Crippen LogP contribution is 2.35. The number of halogens is 2. The highest BCUT2D eigenvalue weighted by atomic mass is 35.5. The first kappa shape index (κ1) is 19.1. The summed E-state index contributed by atoms with van der Waals surface area (Å²) in [6.45, 7) is 1.05. The third-order valence-electron chi connectivity index (χ3n) is 4.54. The van der Waals surface area contributed by atoms with Crippen molar-refractivity contribution < 1.29 is 4.74 Å². The second kappa shape index (κ2) is 8.72. The van der Waals surface area contributed by atoms with Gasteiger partial charge < -0.3 is 16.2 Å². The molecule has 0 saturated carbocycles. The predicted molar refractivity (Wildman–Crippen MR) is 102 cm³/mol. The number of ether oxygens (including phenoxy) is 1. The van der Waals surface area contributed by atoms with E-state index in [0.29, 0.717) is 19.1 Å². The molecule has 0 saturated heterocycles. The largest absolute Gasteiger partial charge is 0.492 e. The van der Waals surface area contributed by atoms with Crippen molar-refractivity contribution in [2.45, 2.75) is 31.2 Å². The van der Waals surface area contributed by atoms with E-state index in [4.69, 9.17) is 27.8 Å². The lowest BCUT2D eigenvalue weighted by molar-refractivity contribution is 0.327. The van der Waals surface area contributed by atoms with Crippen LogP contribution < -0.4 is 16.2 Å². The first-order valence-corrected chi connectivity index (χ1v) is 8.51. The molecule has 0 bridgehead atoms. The van der Waals surface area contributed by atoms with Crippen molar-refractivity contribution in [1.29, 1.82) is 0 Å². The van der Waals surface area contributed by atoms with Gasteiger partial charge in [-0.15, -0.1) is 12.4 Å². The van der Waals surface area contributed by atoms with E-state index in [1.807, 2.05) is 18.2 Å². The Morgan fingerprint density at radius 3 is 2.58 bits per heavy atom. The Hall–Kier alpha value is -1.26. The van der Waals surface area contributed by atoms with Gasteiger partial charge >= 0.3 is 0 Å². The van der Waals surface area contributed by atoms with Crippen LogP contribution in [0.5, 0.6) is 5.75 Å². The smallest absolute Gasteiger partial charge is 0.119 e. The van der Waals surface area contributed by atoms with Gasteiger partial charge in [-0.25, -0.2) is 0 Å². The van der Waals surface area contributed by atoms with Gasteiger partial charge in [0, 0.05) is 23.5 Å². The molecule has 0 spiro atoms. The van der Waals surface area contributed by atoms with E-state index in [2.05, 4.69) is 24.3 Å². The van der Waals surface area contributed by atoms with Gasteiger partial charge in [-0.3, -0.25) is 0 Å². The fraction of sp³-hybridized carbons (Fsp3) is 0.368. The summed E-state index contributed by atoms with van der Waals surface area (Å²) in [5.74, 6) is 1.19. The minimum absolute atomic E-state index is 0. The molecule has 0 radical (unpaired) electrons. The lowest BCUT2D eigenvalue weighted by Gasteiger charge is -2.32. The molecule has 0 heterocycles. The van der Waals surface area contributed by atoms with E-state index >= 15 is 0 Å². The quantitative estimate of drug-likeness (QED) is 0.847. The number of rotatable bonds is 5. The molecule has 2 aromatic carbocycles. The predicted octanol–water partition coefficient (Wildman–Crippen LogP) is 3.70. The Morgan fingerprint density at radius 1 is 1.12 bits per heavy atom. The first-order chi connectivity index (χ1) is 11.2. The van der Waals surface area contributed by atoms with Crippen LogP contribution in [0.4, 0.5) is 0 Å². The molecule has 24 heavy (non-hydrogen) atoms. The summed E-state index contributed by atoms with van der Waals surface area (Å²) in [6.07, 6.45) is 2.98. The number of hydrogen-bond acceptors (Lipinski definition) is 3. The van der Waals surface area contributed by atoms with E-state index in [9.17, 15) is 0 Å². The Kier molecular flexibility index (Phi) is 6.93. The average Bonchev–Trinajstić information content (AvgIpc) is 2.57. The van der Waals surface area contributed by atoms with E-state index in [1.54, 1.807) is 0 Å². The summed E-state index contributed by atoms with van der Waals surface area (Å²) in [5.41, 5.74) is 15.9. The molecule has 2 unspecified atom stereocenters. The summed E-state index contributed by atoms with van der Waals surface area (Å²) >= 11 is 5.98. The Morgan fingerprint density at radius 2 is 1.88 bits per heavy atom.